The molecule has 1 heterocycles. The van der Waals surface area contributed by atoms with Gasteiger partial charge in [0.25, 0.3) is 5.91 Å². The summed E-state index contributed by atoms with van der Waals surface area (Å²) in [4.78, 5) is 14.0. The van der Waals surface area contributed by atoms with Crippen LogP contribution in [0.5, 0.6) is 5.75 Å². The number of carbonyl (C=O) groups is 1. The Balaban J connectivity index is 1.95. The molecular weight excluding hydrogens is 310 g/mol. The van der Waals surface area contributed by atoms with Gasteiger partial charge in [-0.3, -0.25) is 9.00 Å². The number of carbonyl (C=O) groups excluding carboxylic acids is 1. The second kappa shape index (κ2) is 6.79. The molecule has 0 unspecified atom stereocenters. The van der Waals surface area contributed by atoms with Crippen LogP contribution in [0.2, 0.25) is 5.02 Å². The summed E-state index contributed by atoms with van der Waals surface area (Å²) in [7, 11) is -0.847. The molecule has 0 N–H and O–H groups in total. The van der Waals surface area contributed by atoms with Crippen molar-refractivity contribution in [2.75, 3.05) is 18.9 Å². The lowest BCUT2D eigenvalue weighted by atomic mass is 10.2. The first-order valence-electron chi connectivity index (χ1n) is 6.95. The molecule has 1 aromatic rings. The Labute approximate surface area is 132 Å². The Morgan fingerprint density at radius 2 is 2.19 bits per heavy atom. The van der Waals surface area contributed by atoms with E-state index in [1.807, 2.05) is 26.8 Å². The van der Waals surface area contributed by atoms with E-state index >= 15 is 0 Å². The van der Waals surface area contributed by atoms with E-state index in [9.17, 15) is 9.00 Å². The summed E-state index contributed by atoms with van der Waals surface area (Å²) >= 11 is 5.95. The average molecular weight is 330 g/mol. The number of nitrogens with zero attached hydrogens (tertiary/aromatic N) is 1. The van der Waals surface area contributed by atoms with Crippen LogP contribution in [-0.2, 0) is 15.6 Å². The van der Waals surface area contributed by atoms with Crippen LogP contribution >= 0.6 is 11.6 Å². The summed E-state index contributed by atoms with van der Waals surface area (Å²) in [6.07, 6.45) is 0. The summed E-state index contributed by atoms with van der Waals surface area (Å²) in [5.74, 6) is 1.10. The Morgan fingerprint density at radius 3 is 2.86 bits per heavy atom. The maximum atomic E-state index is 12.3. The molecule has 4 nitrogen and oxygen atoms in total. The first-order chi connectivity index (χ1) is 9.90. The molecule has 0 aromatic heterocycles. The van der Waals surface area contributed by atoms with Gasteiger partial charge in [-0.25, -0.2) is 0 Å². The molecule has 0 aliphatic carbocycles. The zero-order valence-electron chi connectivity index (χ0n) is 12.5. The minimum atomic E-state index is -0.847. The van der Waals surface area contributed by atoms with Crippen molar-refractivity contribution in [2.24, 2.45) is 0 Å². The first kappa shape index (κ1) is 16.3. The van der Waals surface area contributed by atoms with Crippen molar-refractivity contribution in [3.8, 4) is 5.75 Å². The summed E-state index contributed by atoms with van der Waals surface area (Å²) in [5, 5.41) is 0.676. The van der Waals surface area contributed by atoms with Gasteiger partial charge in [0.15, 0.2) is 6.61 Å². The Bertz CT molecular complexity index is 564. The Hall–Kier alpha value is -1.07. The number of aryl methyl sites for hydroxylation is 1. The normalized spacial score (nSPS) is 25.7. The quantitative estimate of drug-likeness (QED) is 0.855. The van der Waals surface area contributed by atoms with Crippen molar-refractivity contribution < 1.29 is 13.7 Å². The van der Waals surface area contributed by atoms with Crippen LogP contribution in [0, 0.1) is 6.92 Å². The molecule has 6 heteroatoms. The van der Waals surface area contributed by atoms with Crippen LogP contribution in [0.3, 0.4) is 0 Å². The van der Waals surface area contributed by atoms with E-state index in [1.165, 1.54) is 0 Å². The van der Waals surface area contributed by atoms with Crippen molar-refractivity contribution in [3.63, 3.8) is 0 Å². The molecule has 1 aliphatic rings. The van der Waals surface area contributed by atoms with E-state index in [1.54, 1.807) is 17.0 Å². The first-order valence-corrected chi connectivity index (χ1v) is 8.71. The fraction of sp³-hybridized carbons (Fsp3) is 0.533. The fourth-order valence-electron chi connectivity index (χ4n) is 2.34. The SMILES string of the molecule is Cc1cc(OCC(=O)N2CC[S@@](=O)[C@H](C)[C@@H]2C)ccc1Cl. The third-order valence-corrected chi connectivity index (χ3v) is 6.16. The number of amides is 1. The average Bonchev–Trinajstić information content (AvgIpc) is 2.46. The maximum Gasteiger partial charge on any atom is 0.260 e. The van der Waals surface area contributed by atoms with Gasteiger partial charge in [-0.2, -0.15) is 0 Å². The standard InChI is InChI=1S/C15H20ClNO3S/c1-10-8-13(4-5-14(10)16)20-9-15(18)17-6-7-21(19)12(3)11(17)2/h4-5,8,11-12H,6-7,9H2,1-3H3/t11-,12+,21+/m0/s1. The summed E-state index contributed by atoms with van der Waals surface area (Å²) < 4.78 is 17.3. The van der Waals surface area contributed by atoms with Gasteiger partial charge in [-0.1, -0.05) is 11.6 Å². The van der Waals surface area contributed by atoms with Gasteiger partial charge in [-0.05, 0) is 44.5 Å². The second-order valence-electron chi connectivity index (χ2n) is 5.32. The van der Waals surface area contributed by atoms with E-state index in [2.05, 4.69) is 0 Å². The molecule has 0 spiro atoms. The molecule has 3 atom stereocenters. The van der Waals surface area contributed by atoms with Crippen molar-refractivity contribution in [1.29, 1.82) is 0 Å². The molecule has 0 bridgehead atoms. The lowest BCUT2D eigenvalue weighted by Crippen LogP contribution is -2.53. The molecular formula is C15H20ClNO3S. The van der Waals surface area contributed by atoms with E-state index < -0.39 is 10.8 Å². The minimum Gasteiger partial charge on any atom is -0.484 e. The van der Waals surface area contributed by atoms with Gasteiger partial charge in [0.05, 0.1) is 5.25 Å². The highest BCUT2D eigenvalue weighted by Crippen LogP contribution is 2.21. The van der Waals surface area contributed by atoms with Gasteiger partial charge < -0.3 is 9.64 Å². The Morgan fingerprint density at radius 1 is 1.48 bits per heavy atom. The predicted octanol–water partition coefficient (Wildman–Crippen LogP) is 2.40. The molecule has 2 rings (SSSR count). The lowest BCUT2D eigenvalue weighted by Gasteiger charge is -2.37. The van der Waals surface area contributed by atoms with Crippen LogP contribution in [0.25, 0.3) is 0 Å². The van der Waals surface area contributed by atoms with Gasteiger partial charge in [-0.15, -0.1) is 0 Å². The van der Waals surface area contributed by atoms with Gasteiger partial charge in [0.1, 0.15) is 5.75 Å². The monoisotopic (exact) mass is 329 g/mol. The smallest absolute Gasteiger partial charge is 0.260 e. The molecule has 21 heavy (non-hydrogen) atoms. The van der Waals surface area contributed by atoms with Crippen molar-refractivity contribution in [1.82, 2.24) is 4.90 Å². The highest BCUT2D eigenvalue weighted by molar-refractivity contribution is 7.85. The lowest BCUT2D eigenvalue weighted by molar-refractivity contribution is -0.135. The third-order valence-electron chi connectivity index (χ3n) is 3.93. The predicted molar refractivity (Wildman–Crippen MR) is 85.3 cm³/mol. The summed E-state index contributed by atoms with van der Waals surface area (Å²) in [6.45, 7) is 6.27. The molecule has 0 radical (unpaired) electrons. The molecule has 1 saturated heterocycles. The highest BCUT2D eigenvalue weighted by atomic mass is 35.5. The van der Waals surface area contributed by atoms with Gasteiger partial charge >= 0.3 is 0 Å². The van der Waals surface area contributed by atoms with Crippen molar-refractivity contribution in [2.45, 2.75) is 32.1 Å². The van der Waals surface area contributed by atoms with Crippen LogP contribution in [0.1, 0.15) is 19.4 Å². The molecule has 0 saturated carbocycles. The van der Waals surface area contributed by atoms with Gasteiger partial charge in [0, 0.05) is 34.2 Å². The van der Waals surface area contributed by atoms with E-state index in [0.29, 0.717) is 23.1 Å². The second-order valence-corrected chi connectivity index (χ2v) is 7.64. The fourth-order valence-corrected chi connectivity index (χ4v) is 3.79. The highest BCUT2D eigenvalue weighted by Gasteiger charge is 2.32. The van der Waals surface area contributed by atoms with Crippen LogP contribution < -0.4 is 4.74 Å². The summed E-state index contributed by atoms with van der Waals surface area (Å²) in [6, 6.07) is 5.29. The number of rotatable bonds is 3. The molecule has 1 amide bonds. The molecule has 1 aromatic carbocycles. The van der Waals surface area contributed by atoms with Crippen molar-refractivity contribution >= 4 is 28.3 Å². The van der Waals surface area contributed by atoms with E-state index in [-0.39, 0.29) is 23.8 Å². The number of hydrogen-bond acceptors (Lipinski definition) is 3. The Kier molecular flexibility index (Phi) is 5.27. The molecule has 116 valence electrons. The maximum absolute atomic E-state index is 12.3. The van der Waals surface area contributed by atoms with E-state index in [0.717, 1.165) is 5.56 Å². The van der Waals surface area contributed by atoms with Crippen LogP contribution in [0.4, 0.5) is 0 Å². The van der Waals surface area contributed by atoms with Crippen LogP contribution in [0.15, 0.2) is 18.2 Å². The molecule has 1 fully saturated rings. The van der Waals surface area contributed by atoms with Gasteiger partial charge in [0.2, 0.25) is 0 Å². The number of halogens is 1. The number of ether oxygens (including phenoxy) is 1. The van der Waals surface area contributed by atoms with Crippen LogP contribution in [-0.4, -0.2) is 45.2 Å². The topological polar surface area (TPSA) is 46.6 Å². The minimum absolute atomic E-state index is 0.000441. The largest absolute Gasteiger partial charge is 0.484 e. The number of hydrogen-bond donors (Lipinski definition) is 0. The zero-order valence-corrected chi connectivity index (χ0v) is 14.0. The van der Waals surface area contributed by atoms with E-state index in [4.69, 9.17) is 16.3 Å². The molecule has 1 aliphatic heterocycles. The van der Waals surface area contributed by atoms with Crippen molar-refractivity contribution in [3.05, 3.63) is 28.8 Å². The number of benzene rings is 1. The third kappa shape index (κ3) is 3.77. The zero-order chi connectivity index (χ0) is 15.6. The summed E-state index contributed by atoms with van der Waals surface area (Å²) in [5.41, 5.74) is 0.914.